The molecule has 1 aromatic carbocycles. The van der Waals surface area contributed by atoms with Crippen molar-refractivity contribution in [3.05, 3.63) is 40.9 Å². The molecular weight excluding hydrogens is 576 g/mol. The Labute approximate surface area is 278 Å². The van der Waals surface area contributed by atoms with Gasteiger partial charge in [-0.3, -0.25) is 4.79 Å². The van der Waals surface area contributed by atoms with Gasteiger partial charge in [-0.05, 0) is 121 Å². The summed E-state index contributed by atoms with van der Waals surface area (Å²) in [7, 11) is 0. The molecule has 1 saturated heterocycles. The van der Waals surface area contributed by atoms with Crippen molar-refractivity contribution < 1.29 is 9.90 Å². The number of carbonyl (C=O) groups is 1. The van der Waals surface area contributed by atoms with Crippen LogP contribution in [0.3, 0.4) is 0 Å². The van der Waals surface area contributed by atoms with E-state index in [0.29, 0.717) is 46.8 Å². The quantitative estimate of drug-likeness (QED) is 0.330. The van der Waals surface area contributed by atoms with Crippen molar-refractivity contribution in [2.24, 2.45) is 50.2 Å². The van der Waals surface area contributed by atoms with E-state index in [4.69, 9.17) is 11.6 Å². The minimum absolute atomic E-state index is 0.154. The molecule has 4 saturated carbocycles. The molecule has 5 fully saturated rings. The maximum absolute atomic E-state index is 14.5. The molecule has 248 valence electrons. The molecule has 5 aliphatic carbocycles. The van der Waals surface area contributed by atoms with Crippen molar-refractivity contribution in [2.45, 2.75) is 125 Å². The van der Waals surface area contributed by atoms with Crippen LogP contribution in [0.1, 0.15) is 119 Å². The van der Waals surface area contributed by atoms with E-state index >= 15 is 0 Å². The Morgan fingerprint density at radius 3 is 2.36 bits per heavy atom. The fourth-order valence-corrected chi connectivity index (χ4v) is 13.2. The Morgan fingerprint density at radius 2 is 1.62 bits per heavy atom. The zero-order chi connectivity index (χ0) is 32.2. The van der Waals surface area contributed by atoms with Gasteiger partial charge in [0.25, 0.3) is 0 Å². The highest BCUT2D eigenvalue weighted by atomic mass is 35.5. The summed E-state index contributed by atoms with van der Waals surface area (Å²) in [6.45, 7) is 19.5. The maximum atomic E-state index is 14.5. The Morgan fingerprint density at radius 1 is 0.889 bits per heavy atom. The number of anilines is 1. The first-order chi connectivity index (χ1) is 21.1. The van der Waals surface area contributed by atoms with Gasteiger partial charge in [0.05, 0.1) is 17.3 Å². The van der Waals surface area contributed by atoms with Gasteiger partial charge >= 0.3 is 0 Å². The first-order valence-electron chi connectivity index (χ1n) is 18.3. The van der Waals surface area contributed by atoms with Crippen LogP contribution in [0.15, 0.2) is 35.9 Å². The normalized spacial score (nSPS) is 45.8. The number of rotatable bonds is 2. The fraction of sp³-hybridized carbons (Fsp3) is 0.775. The second kappa shape index (κ2) is 10.5. The molecule has 5 heteroatoms. The number of amides is 1. The highest BCUT2D eigenvalue weighted by Crippen LogP contribution is 2.75. The number of hydrogen-bond acceptors (Lipinski definition) is 3. The smallest absolute Gasteiger partial charge is 0.230 e. The standard InChI is InChI=1S/C40H59ClN2O2/c1-35(2)16-10-17-38(5)31(35)15-18-40(7)32(38)14-13-27-28-25-37(4,20-19-36(28,3)21-22-39(27,40)6)34(45)43-24-23-42(26-33(43)44)30-12-9-8-11-29(30)41/h8-9,11-13,28,31-33,44H,10,14-26H2,1-7H3/t28-,31?,32?,33?,36-,37?,38+,39-,40-/m1/s1. The molecule has 1 aliphatic heterocycles. The molecule has 0 aromatic heterocycles. The molecule has 0 bridgehead atoms. The predicted octanol–water partition coefficient (Wildman–Crippen LogP) is 9.50. The number of allylic oxidation sites excluding steroid dienone is 2. The van der Waals surface area contributed by atoms with Gasteiger partial charge in [0, 0.05) is 18.5 Å². The number of fused-ring (bicyclic) bond motifs is 7. The second-order valence-corrected chi connectivity index (χ2v) is 18.9. The summed E-state index contributed by atoms with van der Waals surface area (Å²) >= 11 is 6.49. The molecule has 45 heavy (non-hydrogen) atoms. The van der Waals surface area contributed by atoms with Crippen LogP contribution in [-0.4, -0.2) is 41.8 Å². The molecule has 4 nitrogen and oxygen atoms in total. The first kappa shape index (κ1) is 32.0. The SMILES string of the molecule is CC1(C(=O)N2CCN(c3ccccc3Cl)CC2O)CC[C@]2(C)CC[C@]3(C)C(=CCC4[C@@]5(C)CCCC(C)(C)C5CC[C@]43C)[C@H]2C1. The number of β-amino-alcohol motifs (C(OH)–C–C–N with tert-alkyl or cyclic N) is 1. The van der Waals surface area contributed by atoms with Crippen LogP contribution >= 0.6 is 11.6 Å². The molecule has 4 unspecified atom stereocenters. The molecule has 9 atom stereocenters. The number of piperazine rings is 1. The van der Waals surface area contributed by atoms with E-state index in [0.717, 1.165) is 36.8 Å². The van der Waals surface area contributed by atoms with Crippen LogP contribution in [0.2, 0.25) is 5.02 Å². The number of hydrogen-bond donors (Lipinski definition) is 1. The number of aliphatic hydroxyl groups excluding tert-OH is 1. The van der Waals surface area contributed by atoms with Crippen molar-refractivity contribution in [3.8, 4) is 0 Å². The molecule has 6 aliphatic rings. The highest BCUT2D eigenvalue weighted by Gasteiger charge is 2.67. The number of carbonyl (C=O) groups excluding carboxylic acids is 1. The summed E-state index contributed by atoms with van der Waals surface area (Å²) in [5, 5.41) is 12.0. The van der Waals surface area contributed by atoms with Gasteiger partial charge in [-0.25, -0.2) is 0 Å². The minimum atomic E-state index is -0.825. The Bertz CT molecular complexity index is 1390. The lowest BCUT2D eigenvalue weighted by Gasteiger charge is -2.71. The largest absolute Gasteiger partial charge is 0.372 e. The highest BCUT2D eigenvalue weighted by molar-refractivity contribution is 6.33. The predicted molar refractivity (Wildman–Crippen MR) is 185 cm³/mol. The molecule has 0 radical (unpaired) electrons. The average Bonchev–Trinajstić information content (AvgIpc) is 2.98. The van der Waals surface area contributed by atoms with Crippen molar-refractivity contribution >= 4 is 23.2 Å². The summed E-state index contributed by atoms with van der Waals surface area (Å²) in [6, 6.07) is 7.80. The van der Waals surface area contributed by atoms with Gasteiger partial charge in [-0.1, -0.05) is 90.3 Å². The lowest BCUT2D eigenvalue weighted by molar-refractivity contribution is -0.182. The third kappa shape index (κ3) is 4.57. The summed E-state index contributed by atoms with van der Waals surface area (Å²) < 4.78 is 0. The Kier molecular flexibility index (Phi) is 7.47. The molecule has 1 N–H and O–H groups in total. The number of aliphatic hydroxyl groups is 1. The number of halogens is 1. The minimum Gasteiger partial charge on any atom is -0.372 e. The van der Waals surface area contributed by atoms with Crippen molar-refractivity contribution in [3.63, 3.8) is 0 Å². The molecular formula is C40H59ClN2O2. The summed E-state index contributed by atoms with van der Waals surface area (Å²) in [6.07, 6.45) is 15.5. The molecule has 0 spiro atoms. The second-order valence-electron chi connectivity index (χ2n) is 18.5. The van der Waals surface area contributed by atoms with Crippen molar-refractivity contribution in [1.82, 2.24) is 4.90 Å². The van der Waals surface area contributed by atoms with Gasteiger partial charge in [-0.2, -0.15) is 0 Å². The van der Waals surface area contributed by atoms with E-state index in [-0.39, 0.29) is 16.7 Å². The Balaban J connectivity index is 1.15. The van der Waals surface area contributed by atoms with Crippen LogP contribution in [0.25, 0.3) is 0 Å². The van der Waals surface area contributed by atoms with Gasteiger partial charge in [0.15, 0.2) is 0 Å². The van der Waals surface area contributed by atoms with Crippen molar-refractivity contribution in [1.29, 1.82) is 0 Å². The molecule has 7 rings (SSSR count). The van der Waals surface area contributed by atoms with E-state index in [2.05, 4.69) is 59.4 Å². The zero-order valence-corrected chi connectivity index (χ0v) is 30.0. The van der Waals surface area contributed by atoms with E-state index < -0.39 is 11.6 Å². The Hall–Kier alpha value is -1.52. The third-order valence-electron chi connectivity index (χ3n) is 15.9. The van der Waals surface area contributed by atoms with Crippen LogP contribution in [-0.2, 0) is 4.79 Å². The monoisotopic (exact) mass is 634 g/mol. The summed E-state index contributed by atoms with van der Waals surface area (Å²) in [4.78, 5) is 18.4. The van der Waals surface area contributed by atoms with Gasteiger partial charge < -0.3 is 14.9 Å². The summed E-state index contributed by atoms with van der Waals surface area (Å²) in [5.74, 6) is 2.15. The van der Waals surface area contributed by atoms with Gasteiger partial charge in [0.2, 0.25) is 5.91 Å². The van der Waals surface area contributed by atoms with E-state index in [9.17, 15) is 9.90 Å². The average molecular weight is 635 g/mol. The number of para-hydroxylation sites is 1. The number of benzene rings is 1. The summed E-state index contributed by atoms with van der Waals surface area (Å²) in [5.41, 5.74) is 3.79. The van der Waals surface area contributed by atoms with Gasteiger partial charge in [0.1, 0.15) is 6.23 Å². The fourth-order valence-electron chi connectivity index (χ4n) is 12.9. The number of nitrogens with zero attached hydrogens (tertiary/aromatic N) is 2. The third-order valence-corrected chi connectivity index (χ3v) is 16.2. The molecule has 1 amide bonds. The van der Waals surface area contributed by atoms with Crippen molar-refractivity contribution in [2.75, 3.05) is 24.5 Å². The zero-order valence-electron chi connectivity index (χ0n) is 29.2. The lowest BCUT2D eigenvalue weighted by Crippen LogP contribution is -2.63. The first-order valence-corrected chi connectivity index (χ1v) is 18.7. The van der Waals surface area contributed by atoms with E-state index in [1.807, 2.05) is 24.3 Å². The molecule has 1 aromatic rings. The van der Waals surface area contributed by atoms with Gasteiger partial charge in [-0.15, -0.1) is 0 Å². The molecule has 1 heterocycles. The van der Waals surface area contributed by atoms with Crippen LogP contribution in [0.5, 0.6) is 0 Å². The lowest BCUT2D eigenvalue weighted by atomic mass is 9.34. The van der Waals surface area contributed by atoms with Crippen LogP contribution in [0.4, 0.5) is 5.69 Å². The van der Waals surface area contributed by atoms with Crippen LogP contribution in [0, 0.1) is 50.2 Å². The van der Waals surface area contributed by atoms with Crippen LogP contribution < -0.4 is 4.90 Å². The van der Waals surface area contributed by atoms with E-state index in [1.54, 1.807) is 10.5 Å². The van der Waals surface area contributed by atoms with E-state index in [1.165, 1.54) is 51.4 Å². The maximum Gasteiger partial charge on any atom is 0.230 e. The topological polar surface area (TPSA) is 43.8 Å².